The highest BCUT2D eigenvalue weighted by Crippen LogP contribution is 2.39. The van der Waals surface area contributed by atoms with E-state index in [1.165, 1.54) is 19.1 Å². The Morgan fingerprint density at radius 3 is 2.34 bits per heavy atom. The van der Waals surface area contributed by atoms with Crippen molar-refractivity contribution < 1.29 is 19.1 Å². The second kappa shape index (κ2) is 12.3. The van der Waals surface area contributed by atoms with Gasteiger partial charge in [0.15, 0.2) is 11.5 Å². The van der Waals surface area contributed by atoms with Gasteiger partial charge in [-0.2, -0.15) is 0 Å². The molecule has 0 aliphatic carbocycles. The lowest BCUT2D eigenvalue weighted by Crippen LogP contribution is -2.45. The molecule has 0 bridgehead atoms. The third-order valence-electron chi connectivity index (χ3n) is 6.83. The fourth-order valence-electron chi connectivity index (χ4n) is 4.79. The minimum Gasteiger partial charge on any atom is -0.493 e. The van der Waals surface area contributed by atoms with Crippen molar-refractivity contribution in [1.82, 2.24) is 20.3 Å². The predicted molar refractivity (Wildman–Crippen MR) is 157 cm³/mol. The Balaban J connectivity index is 1.62. The average molecular weight is 550 g/mol. The van der Waals surface area contributed by atoms with E-state index < -0.39 is 6.04 Å². The first-order valence-electron chi connectivity index (χ1n) is 13.2. The minimum atomic E-state index is -1.09. The van der Waals surface area contributed by atoms with Crippen LogP contribution in [0.5, 0.6) is 11.5 Å². The number of aryl methyl sites for hydroxylation is 1. The molecule has 0 aliphatic heterocycles. The monoisotopic (exact) mass is 549 g/mol. The summed E-state index contributed by atoms with van der Waals surface area (Å²) in [6, 6.07) is 28.7. The summed E-state index contributed by atoms with van der Waals surface area (Å²) < 4.78 is 12.8. The van der Waals surface area contributed by atoms with Gasteiger partial charge in [0.05, 0.1) is 19.7 Å². The molecule has 1 aromatic heterocycles. The van der Waals surface area contributed by atoms with Gasteiger partial charge in [0, 0.05) is 17.8 Å². The van der Waals surface area contributed by atoms with Crippen LogP contribution in [0, 0.1) is 6.92 Å². The first kappa shape index (κ1) is 27.4. The van der Waals surface area contributed by atoms with Crippen LogP contribution in [0.25, 0.3) is 11.0 Å². The van der Waals surface area contributed by atoms with Crippen molar-refractivity contribution in [2.75, 3.05) is 19.1 Å². The number of methoxy groups -OCH3 is 2. The van der Waals surface area contributed by atoms with E-state index in [1.807, 2.05) is 85.8 Å². The van der Waals surface area contributed by atoms with E-state index in [4.69, 9.17) is 9.47 Å². The SMILES string of the molecule is COc1cccc(C(C(=O)NCc2ccccc2)N(C(=O)Cn2nnc3ccccc32)c2ccc(C)cc2)c1OC. The van der Waals surface area contributed by atoms with E-state index in [0.717, 1.165) is 11.1 Å². The molecular formula is C32H31N5O4. The van der Waals surface area contributed by atoms with Crippen LogP contribution in [-0.4, -0.2) is 41.0 Å². The number of anilines is 1. The van der Waals surface area contributed by atoms with Gasteiger partial charge in [0.2, 0.25) is 11.8 Å². The van der Waals surface area contributed by atoms with Crippen molar-refractivity contribution in [2.45, 2.75) is 26.1 Å². The second-order valence-electron chi connectivity index (χ2n) is 9.52. The van der Waals surface area contributed by atoms with Crippen molar-refractivity contribution in [1.29, 1.82) is 0 Å². The minimum absolute atomic E-state index is 0.136. The average Bonchev–Trinajstić information content (AvgIpc) is 3.41. The summed E-state index contributed by atoms with van der Waals surface area (Å²) in [6.07, 6.45) is 0. The molecule has 1 N–H and O–H groups in total. The number of fused-ring (bicyclic) bond motifs is 1. The zero-order valence-corrected chi connectivity index (χ0v) is 23.2. The number of benzene rings is 4. The van der Waals surface area contributed by atoms with Crippen LogP contribution >= 0.6 is 0 Å². The predicted octanol–water partition coefficient (Wildman–Crippen LogP) is 4.85. The zero-order valence-electron chi connectivity index (χ0n) is 23.2. The number of nitrogens with one attached hydrogen (secondary N) is 1. The quantitative estimate of drug-likeness (QED) is 0.268. The topological polar surface area (TPSA) is 98.6 Å². The van der Waals surface area contributed by atoms with E-state index in [1.54, 1.807) is 22.9 Å². The Labute approximate surface area is 238 Å². The molecule has 4 aromatic carbocycles. The fourth-order valence-corrected chi connectivity index (χ4v) is 4.79. The Kier molecular flexibility index (Phi) is 8.24. The number of amides is 2. The van der Waals surface area contributed by atoms with Gasteiger partial charge in [-0.05, 0) is 42.8 Å². The number of rotatable bonds is 10. The Morgan fingerprint density at radius 2 is 1.61 bits per heavy atom. The van der Waals surface area contributed by atoms with Gasteiger partial charge in [-0.1, -0.05) is 77.5 Å². The van der Waals surface area contributed by atoms with Crippen LogP contribution < -0.4 is 19.7 Å². The van der Waals surface area contributed by atoms with Gasteiger partial charge >= 0.3 is 0 Å². The van der Waals surface area contributed by atoms with Gasteiger partial charge in [0.25, 0.3) is 0 Å². The lowest BCUT2D eigenvalue weighted by molar-refractivity contribution is -0.127. The maximum absolute atomic E-state index is 14.3. The van der Waals surface area contributed by atoms with E-state index in [-0.39, 0.29) is 24.9 Å². The number of aromatic nitrogens is 3. The smallest absolute Gasteiger partial charge is 0.249 e. The molecule has 1 atom stereocenters. The van der Waals surface area contributed by atoms with E-state index in [0.29, 0.717) is 33.8 Å². The largest absolute Gasteiger partial charge is 0.493 e. The molecule has 0 spiro atoms. The maximum atomic E-state index is 14.3. The number of hydrogen-bond acceptors (Lipinski definition) is 6. The van der Waals surface area contributed by atoms with Gasteiger partial charge in [-0.3, -0.25) is 14.5 Å². The molecule has 0 aliphatic rings. The highest BCUT2D eigenvalue weighted by atomic mass is 16.5. The summed E-state index contributed by atoms with van der Waals surface area (Å²) in [5.74, 6) is 0.0856. The van der Waals surface area contributed by atoms with E-state index in [9.17, 15) is 9.59 Å². The molecule has 5 aromatic rings. The number of carbonyl (C=O) groups is 2. The van der Waals surface area contributed by atoms with Gasteiger partial charge in [0.1, 0.15) is 18.1 Å². The third-order valence-corrected chi connectivity index (χ3v) is 6.83. The lowest BCUT2D eigenvalue weighted by Gasteiger charge is -2.32. The number of ether oxygens (including phenoxy) is 2. The van der Waals surface area contributed by atoms with Crippen molar-refractivity contribution in [3.63, 3.8) is 0 Å². The molecule has 9 heteroatoms. The van der Waals surface area contributed by atoms with Crippen molar-refractivity contribution in [3.05, 3.63) is 114 Å². The highest BCUT2D eigenvalue weighted by molar-refractivity contribution is 6.02. The Morgan fingerprint density at radius 1 is 0.878 bits per heavy atom. The lowest BCUT2D eigenvalue weighted by atomic mass is 10.0. The molecule has 41 heavy (non-hydrogen) atoms. The molecule has 1 unspecified atom stereocenters. The number of nitrogens with zero attached hydrogens (tertiary/aromatic N) is 4. The Hall–Kier alpha value is -5.18. The molecular weight excluding hydrogens is 518 g/mol. The van der Waals surface area contributed by atoms with Crippen LogP contribution in [0.15, 0.2) is 97.1 Å². The molecule has 5 rings (SSSR count). The van der Waals surface area contributed by atoms with Crippen molar-refractivity contribution in [2.24, 2.45) is 0 Å². The van der Waals surface area contributed by atoms with Crippen molar-refractivity contribution >= 4 is 28.5 Å². The first-order valence-corrected chi connectivity index (χ1v) is 13.2. The first-order chi connectivity index (χ1) is 20.0. The maximum Gasteiger partial charge on any atom is 0.249 e. The summed E-state index contributed by atoms with van der Waals surface area (Å²) in [5.41, 5.74) is 4.37. The van der Waals surface area contributed by atoms with Crippen molar-refractivity contribution in [3.8, 4) is 11.5 Å². The summed E-state index contributed by atoms with van der Waals surface area (Å²) in [6.45, 7) is 2.11. The highest BCUT2D eigenvalue weighted by Gasteiger charge is 2.36. The van der Waals surface area contributed by atoms with Gasteiger partial charge in [-0.15, -0.1) is 5.10 Å². The summed E-state index contributed by atoms with van der Waals surface area (Å²) >= 11 is 0. The van der Waals surface area contributed by atoms with E-state index in [2.05, 4.69) is 15.6 Å². The standard InChI is InChI=1S/C32H31N5O4/c1-22-16-18-24(19-17-22)37(29(38)21-36-27-14-8-7-13-26(27)34-35-36)30(25-12-9-15-28(40-2)31(25)41-3)32(39)33-20-23-10-5-4-6-11-23/h4-19,30H,20-21H2,1-3H3,(H,33,39). The van der Waals surface area contributed by atoms with Crippen LogP contribution in [-0.2, 0) is 22.7 Å². The molecule has 0 saturated carbocycles. The summed E-state index contributed by atoms with van der Waals surface area (Å²) in [4.78, 5) is 29.9. The van der Waals surface area contributed by atoms with Gasteiger partial charge in [-0.25, -0.2) is 4.68 Å². The van der Waals surface area contributed by atoms with Crippen LogP contribution in [0.3, 0.4) is 0 Å². The normalized spacial score (nSPS) is 11.6. The molecule has 208 valence electrons. The summed E-state index contributed by atoms with van der Waals surface area (Å²) in [7, 11) is 3.05. The molecule has 0 fully saturated rings. The summed E-state index contributed by atoms with van der Waals surface area (Å²) in [5, 5.41) is 11.4. The molecule has 1 heterocycles. The Bertz CT molecular complexity index is 1650. The number of hydrogen-bond donors (Lipinski definition) is 1. The fraction of sp³-hybridized carbons (Fsp3) is 0.188. The molecule has 0 radical (unpaired) electrons. The third kappa shape index (κ3) is 5.89. The zero-order chi connectivity index (χ0) is 28.8. The number of carbonyl (C=O) groups excluding carboxylic acids is 2. The van der Waals surface area contributed by atoms with E-state index >= 15 is 0 Å². The van der Waals surface area contributed by atoms with Crippen LogP contribution in [0.2, 0.25) is 0 Å². The van der Waals surface area contributed by atoms with Crippen LogP contribution in [0.4, 0.5) is 5.69 Å². The second-order valence-corrected chi connectivity index (χ2v) is 9.52. The molecule has 9 nitrogen and oxygen atoms in total. The number of para-hydroxylation sites is 2. The van der Waals surface area contributed by atoms with Gasteiger partial charge < -0.3 is 14.8 Å². The molecule has 2 amide bonds. The van der Waals surface area contributed by atoms with Crippen LogP contribution in [0.1, 0.15) is 22.7 Å². The molecule has 0 saturated heterocycles.